The second-order valence-electron chi connectivity index (χ2n) is 6.18. The van der Waals surface area contributed by atoms with Gasteiger partial charge in [-0.3, -0.25) is 4.99 Å². The summed E-state index contributed by atoms with van der Waals surface area (Å²) in [6, 6.07) is 26.6. The highest BCUT2D eigenvalue weighted by Gasteiger charge is 2.07. The molecule has 3 rings (SSSR count). The minimum absolute atomic E-state index is 0.837. The lowest BCUT2D eigenvalue weighted by atomic mass is 9.96. The molecule has 0 spiro atoms. The highest BCUT2D eigenvalue weighted by molar-refractivity contribution is 6.05. The molecule has 0 aliphatic heterocycles. The van der Waals surface area contributed by atoms with Crippen molar-refractivity contribution in [2.75, 3.05) is 7.11 Å². The van der Waals surface area contributed by atoms with Gasteiger partial charge in [0.1, 0.15) is 5.75 Å². The Morgan fingerprint density at radius 1 is 0.769 bits per heavy atom. The van der Waals surface area contributed by atoms with Crippen LogP contribution in [0.15, 0.2) is 83.9 Å². The fraction of sp³-hybridized carbons (Fsp3) is 0.125. The molecule has 0 aliphatic carbocycles. The number of hydrogen-bond donors (Lipinski definition) is 0. The van der Waals surface area contributed by atoms with E-state index in [1.165, 1.54) is 16.7 Å². The fourth-order valence-electron chi connectivity index (χ4n) is 2.93. The molecular weight excluding hydrogens is 318 g/mol. The van der Waals surface area contributed by atoms with E-state index >= 15 is 0 Å². The second kappa shape index (κ2) is 8.30. The molecule has 3 aromatic rings. The summed E-state index contributed by atoms with van der Waals surface area (Å²) in [4.78, 5) is 4.79. The third-order valence-corrected chi connectivity index (χ3v) is 4.29. The Morgan fingerprint density at radius 3 is 2.04 bits per heavy atom. The van der Waals surface area contributed by atoms with Crippen molar-refractivity contribution >= 4 is 23.0 Å². The summed E-state index contributed by atoms with van der Waals surface area (Å²) < 4.78 is 5.21. The third-order valence-electron chi connectivity index (χ3n) is 4.29. The summed E-state index contributed by atoms with van der Waals surface area (Å²) in [5.41, 5.74) is 6.68. The summed E-state index contributed by atoms with van der Waals surface area (Å²) in [6.45, 7) is 4.20. The van der Waals surface area contributed by atoms with Crippen molar-refractivity contribution in [1.29, 1.82) is 0 Å². The van der Waals surface area contributed by atoms with Gasteiger partial charge < -0.3 is 4.74 Å². The van der Waals surface area contributed by atoms with Crippen molar-refractivity contribution in [1.82, 2.24) is 0 Å². The van der Waals surface area contributed by atoms with E-state index in [2.05, 4.69) is 68.5 Å². The van der Waals surface area contributed by atoms with Crippen molar-refractivity contribution in [2.24, 2.45) is 4.99 Å². The highest BCUT2D eigenvalue weighted by atomic mass is 16.5. The third kappa shape index (κ3) is 4.28. The summed E-state index contributed by atoms with van der Waals surface area (Å²) in [7, 11) is 1.67. The monoisotopic (exact) mass is 341 g/mol. The van der Waals surface area contributed by atoms with E-state index < -0.39 is 0 Å². The molecule has 0 N–H and O–H groups in total. The molecule has 0 saturated carbocycles. The summed E-state index contributed by atoms with van der Waals surface area (Å²) in [5.74, 6) is 0.837. The zero-order valence-corrected chi connectivity index (χ0v) is 15.4. The minimum atomic E-state index is 0.837. The van der Waals surface area contributed by atoms with Crippen LogP contribution >= 0.6 is 0 Å². The Kier molecular flexibility index (Phi) is 5.65. The molecule has 0 unspecified atom stereocenters. The highest BCUT2D eigenvalue weighted by Crippen LogP contribution is 2.24. The van der Waals surface area contributed by atoms with E-state index in [-0.39, 0.29) is 0 Å². The van der Waals surface area contributed by atoms with Crippen LogP contribution in [0.4, 0.5) is 5.69 Å². The smallest absolute Gasteiger partial charge is 0.119 e. The molecule has 0 heterocycles. The first-order valence-electron chi connectivity index (χ1n) is 8.70. The van der Waals surface area contributed by atoms with Crippen molar-refractivity contribution < 1.29 is 4.74 Å². The standard InChI is InChI=1S/C24H23NO/c1-18(17-20-9-5-4-6-10-20)23-11-7-8-12-24(23)19(2)25-21-13-15-22(26-3)16-14-21/h4-17H,1-3H3/b18-17+,25-19?. The van der Waals surface area contributed by atoms with Crippen LogP contribution in [0.25, 0.3) is 11.6 Å². The quantitative estimate of drug-likeness (QED) is 0.389. The SMILES string of the molecule is COc1ccc(N=C(C)c2ccccc2/C(C)=C/c2ccccc2)cc1. The fourth-order valence-corrected chi connectivity index (χ4v) is 2.93. The van der Waals surface area contributed by atoms with E-state index in [1.807, 2.05) is 30.3 Å². The lowest BCUT2D eigenvalue weighted by Crippen LogP contribution is -1.99. The number of allylic oxidation sites excluding steroid dienone is 1. The maximum Gasteiger partial charge on any atom is 0.119 e. The summed E-state index contributed by atoms with van der Waals surface area (Å²) >= 11 is 0. The van der Waals surface area contributed by atoms with Crippen LogP contribution in [0.2, 0.25) is 0 Å². The molecule has 0 saturated heterocycles. The van der Waals surface area contributed by atoms with Gasteiger partial charge >= 0.3 is 0 Å². The van der Waals surface area contributed by atoms with Crippen molar-refractivity contribution in [3.8, 4) is 5.75 Å². The molecular formula is C24H23NO. The van der Waals surface area contributed by atoms with Gasteiger partial charge in [0.25, 0.3) is 0 Å². The normalized spacial score (nSPS) is 12.1. The molecule has 0 bridgehead atoms. The topological polar surface area (TPSA) is 21.6 Å². The largest absolute Gasteiger partial charge is 0.497 e. The van der Waals surface area contributed by atoms with Gasteiger partial charge in [-0.2, -0.15) is 0 Å². The average molecular weight is 341 g/mol. The molecule has 0 aromatic heterocycles. The van der Waals surface area contributed by atoms with Crippen molar-refractivity contribution in [2.45, 2.75) is 13.8 Å². The second-order valence-corrected chi connectivity index (χ2v) is 6.18. The number of methoxy groups -OCH3 is 1. The maximum absolute atomic E-state index is 5.21. The zero-order valence-electron chi connectivity index (χ0n) is 15.4. The number of benzene rings is 3. The van der Waals surface area contributed by atoms with Crippen molar-refractivity contribution in [3.05, 3.63) is 95.6 Å². The first-order chi connectivity index (χ1) is 12.7. The first kappa shape index (κ1) is 17.7. The molecule has 0 fully saturated rings. The minimum Gasteiger partial charge on any atom is -0.497 e. The van der Waals surface area contributed by atoms with Gasteiger partial charge in [0.15, 0.2) is 0 Å². The zero-order chi connectivity index (χ0) is 18.4. The Labute approximate surface area is 155 Å². The molecule has 26 heavy (non-hydrogen) atoms. The molecule has 2 nitrogen and oxygen atoms in total. The Bertz CT molecular complexity index is 922. The van der Waals surface area contributed by atoms with Crippen LogP contribution in [0, 0.1) is 0 Å². The Balaban J connectivity index is 1.95. The molecule has 2 heteroatoms. The summed E-state index contributed by atoms with van der Waals surface area (Å²) in [6.07, 6.45) is 2.21. The van der Waals surface area contributed by atoms with Crippen LogP contribution in [-0.4, -0.2) is 12.8 Å². The van der Waals surface area contributed by atoms with Gasteiger partial charge in [-0.25, -0.2) is 0 Å². The molecule has 130 valence electrons. The number of rotatable bonds is 5. The van der Waals surface area contributed by atoms with E-state index in [9.17, 15) is 0 Å². The van der Waals surface area contributed by atoms with E-state index in [0.717, 1.165) is 22.7 Å². The molecule has 0 radical (unpaired) electrons. The van der Waals surface area contributed by atoms with E-state index in [4.69, 9.17) is 9.73 Å². The van der Waals surface area contributed by atoms with Gasteiger partial charge in [-0.15, -0.1) is 0 Å². The summed E-state index contributed by atoms with van der Waals surface area (Å²) in [5, 5.41) is 0. The van der Waals surface area contributed by atoms with Gasteiger partial charge in [-0.1, -0.05) is 60.7 Å². The Morgan fingerprint density at radius 2 is 1.38 bits per heavy atom. The predicted octanol–water partition coefficient (Wildman–Crippen LogP) is 6.40. The maximum atomic E-state index is 5.21. The average Bonchev–Trinajstić information content (AvgIpc) is 2.69. The lowest BCUT2D eigenvalue weighted by Gasteiger charge is -2.10. The first-order valence-corrected chi connectivity index (χ1v) is 8.70. The van der Waals surface area contributed by atoms with Crippen LogP contribution in [0.1, 0.15) is 30.5 Å². The van der Waals surface area contributed by atoms with E-state index in [1.54, 1.807) is 7.11 Å². The number of nitrogens with zero attached hydrogens (tertiary/aromatic N) is 1. The van der Waals surface area contributed by atoms with Gasteiger partial charge in [-0.05, 0) is 54.8 Å². The van der Waals surface area contributed by atoms with Gasteiger partial charge in [0, 0.05) is 11.3 Å². The lowest BCUT2D eigenvalue weighted by molar-refractivity contribution is 0.415. The van der Waals surface area contributed by atoms with Gasteiger partial charge in [0.2, 0.25) is 0 Å². The number of ether oxygens (including phenoxy) is 1. The molecule has 3 aromatic carbocycles. The van der Waals surface area contributed by atoms with Crippen molar-refractivity contribution in [3.63, 3.8) is 0 Å². The van der Waals surface area contributed by atoms with E-state index in [0.29, 0.717) is 0 Å². The van der Waals surface area contributed by atoms with Crippen LogP contribution in [0.5, 0.6) is 5.75 Å². The molecule has 0 amide bonds. The van der Waals surface area contributed by atoms with Crippen LogP contribution in [-0.2, 0) is 0 Å². The van der Waals surface area contributed by atoms with Gasteiger partial charge in [0.05, 0.1) is 12.8 Å². The number of hydrogen-bond acceptors (Lipinski definition) is 2. The van der Waals surface area contributed by atoms with Crippen LogP contribution < -0.4 is 4.74 Å². The number of aliphatic imine (C=N–C) groups is 1. The molecule has 0 atom stereocenters. The van der Waals surface area contributed by atoms with Crippen LogP contribution in [0.3, 0.4) is 0 Å². The molecule has 0 aliphatic rings. The Hall–Kier alpha value is -3.13. The predicted molar refractivity (Wildman–Crippen MR) is 111 cm³/mol.